The summed E-state index contributed by atoms with van der Waals surface area (Å²) in [5.41, 5.74) is 3.52. The van der Waals surface area contributed by atoms with E-state index in [1.165, 1.54) is 24.0 Å². The molecule has 1 fully saturated rings. The van der Waals surface area contributed by atoms with Crippen molar-refractivity contribution >= 4 is 17.5 Å². The van der Waals surface area contributed by atoms with Crippen molar-refractivity contribution < 1.29 is 4.79 Å². The highest BCUT2D eigenvalue weighted by molar-refractivity contribution is 6.30. The van der Waals surface area contributed by atoms with Gasteiger partial charge in [-0.3, -0.25) is 9.69 Å². The molecule has 0 aromatic heterocycles. The molecular formula is C21H25ClN2O. The molecule has 0 bridgehead atoms. The molecule has 0 aliphatic carbocycles. The highest BCUT2D eigenvalue weighted by atomic mass is 35.5. The Labute approximate surface area is 155 Å². The summed E-state index contributed by atoms with van der Waals surface area (Å²) in [6.45, 7) is 4.95. The lowest BCUT2D eigenvalue weighted by molar-refractivity contribution is -0.120. The van der Waals surface area contributed by atoms with Gasteiger partial charge in [0.15, 0.2) is 0 Å². The first kappa shape index (κ1) is 18.0. The van der Waals surface area contributed by atoms with Crippen LogP contribution >= 0.6 is 11.6 Å². The number of likely N-dealkylation sites (tertiary alicyclic amines) is 1. The predicted molar refractivity (Wildman–Crippen MR) is 103 cm³/mol. The highest BCUT2D eigenvalue weighted by Crippen LogP contribution is 2.25. The van der Waals surface area contributed by atoms with Gasteiger partial charge in [-0.05, 0) is 56.1 Å². The minimum absolute atomic E-state index is 0.0543. The molecule has 1 atom stereocenters. The predicted octanol–water partition coefficient (Wildman–Crippen LogP) is 4.14. The Kier molecular flexibility index (Phi) is 6.11. The van der Waals surface area contributed by atoms with Crippen molar-refractivity contribution in [1.29, 1.82) is 0 Å². The molecule has 25 heavy (non-hydrogen) atoms. The zero-order chi connectivity index (χ0) is 17.6. The third-order valence-electron chi connectivity index (χ3n) is 4.81. The molecule has 4 heteroatoms. The van der Waals surface area contributed by atoms with Gasteiger partial charge in [0.1, 0.15) is 0 Å². The summed E-state index contributed by atoms with van der Waals surface area (Å²) < 4.78 is 0. The van der Waals surface area contributed by atoms with Crippen LogP contribution in [0.1, 0.15) is 35.6 Å². The number of amides is 1. The second-order valence-corrected chi connectivity index (χ2v) is 7.21. The molecule has 0 radical (unpaired) electrons. The number of rotatable bonds is 6. The highest BCUT2D eigenvalue weighted by Gasteiger charge is 2.23. The normalized spacial score (nSPS) is 15.9. The summed E-state index contributed by atoms with van der Waals surface area (Å²) >= 11 is 5.90. The van der Waals surface area contributed by atoms with Gasteiger partial charge in [-0.1, -0.05) is 53.6 Å². The van der Waals surface area contributed by atoms with Gasteiger partial charge in [0.05, 0.1) is 12.5 Å². The van der Waals surface area contributed by atoms with Crippen molar-refractivity contribution in [1.82, 2.24) is 10.2 Å². The van der Waals surface area contributed by atoms with E-state index in [1.54, 1.807) is 0 Å². The second kappa shape index (κ2) is 8.50. The maximum absolute atomic E-state index is 12.3. The summed E-state index contributed by atoms with van der Waals surface area (Å²) in [5, 5.41) is 3.81. The lowest BCUT2D eigenvalue weighted by Crippen LogP contribution is -2.37. The van der Waals surface area contributed by atoms with Crippen LogP contribution in [0.25, 0.3) is 0 Å². The Balaban J connectivity index is 1.62. The summed E-state index contributed by atoms with van der Waals surface area (Å²) in [4.78, 5) is 14.8. The third-order valence-corrected chi connectivity index (χ3v) is 5.07. The van der Waals surface area contributed by atoms with Crippen molar-refractivity contribution in [2.45, 2.75) is 32.2 Å². The van der Waals surface area contributed by atoms with Crippen LogP contribution in [0.15, 0.2) is 48.5 Å². The number of carbonyl (C=O) groups excluding carboxylic acids is 1. The molecule has 3 rings (SSSR count). The Bertz CT molecular complexity index is 691. The van der Waals surface area contributed by atoms with Crippen LogP contribution in [0.4, 0.5) is 0 Å². The van der Waals surface area contributed by atoms with Gasteiger partial charge in [-0.25, -0.2) is 0 Å². The molecule has 1 saturated heterocycles. The van der Waals surface area contributed by atoms with E-state index in [9.17, 15) is 4.79 Å². The van der Waals surface area contributed by atoms with E-state index >= 15 is 0 Å². The minimum atomic E-state index is 0.0543. The van der Waals surface area contributed by atoms with E-state index in [0.29, 0.717) is 18.0 Å². The van der Waals surface area contributed by atoms with Crippen molar-refractivity contribution in [3.05, 3.63) is 70.2 Å². The van der Waals surface area contributed by atoms with Crippen LogP contribution in [0, 0.1) is 6.92 Å². The fourth-order valence-corrected chi connectivity index (χ4v) is 3.49. The van der Waals surface area contributed by atoms with Crippen LogP contribution in [0.5, 0.6) is 0 Å². The van der Waals surface area contributed by atoms with Crippen LogP contribution in [0.2, 0.25) is 5.02 Å². The van der Waals surface area contributed by atoms with Crippen LogP contribution in [-0.2, 0) is 11.2 Å². The van der Waals surface area contributed by atoms with Gasteiger partial charge in [0, 0.05) is 11.6 Å². The third kappa shape index (κ3) is 5.07. The number of aryl methyl sites for hydroxylation is 1. The van der Waals surface area contributed by atoms with Crippen molar-refractivity contribution in [2.75, 3.05) is 19.6 Å². The molecule has 3 nitrogen and oxygen atoms in total. The van der Waals surface area contributed by atoms with E-state index in [1.807, 2.05) is 24.3 Å². The van der Waals surface area contributed by atoms with Crippen LogP contribution in [0.3, 0.4) is 0 Å². The molecule has 132 valence electrons. The van der Waals surface area contributed by atoms with Crippen molar-refractivity contribution in [2.24, 2.45) is 0 Å². The molecule has 2 aromatic carbocycles. The maximum atomic E-state index is 12.3. The monoisotopic (exact) mass is 356 g/mol. The standard InChI is InChI=1S/C21H25ClN2O/c1-16-4-8-18(9-5-16)20(24-12-2-3-13-24)15-23-21(25)14-17-6-10-19(22)11-7-17/h4-11,20H,2-3,12-15H2,1H3,(H,23,25)/t20-/m1/s1. The average Bonchev–Trinajstić information content (AvgIpc) is 3.13. The van der Waals surface area contributed by atoms with Gasteiger partial charge in [-0.15, -0.1) is 0 Å². The lowest BCUT2D eigenvalue weighted by Gasteiger charge is -2.28. The van der Waals surface area contributed by atoms with E-state index in [2.05, 4.69) is 41.4 Å². The first-order valence-electron chi connectivity index (χ1n) is 8.93. The molecule has 0 spiro atoms. The largest absolute Gasteiger partial charge is 0.354 e. The summed E-state index contributed by atoms with van der Waals surface area (Å²) in [6, 6.07) is 16.4. The minimum Gasteiger partial charge on any atom is -0.354 e. The number of hydrogen-bond donors (Lipinski definition) is 1. The summed E-state index contributed by atoms with van der Waals surface area (Å²) in [6.07, 6.45) is 2.86. The van der Waals surface area contributed by atoms with Gasteiger partial charge in [-0.2, -0.15) is 0 Å². The first-order chi connectivity index (χ1) is 12.1. The molecular weight excluding hydrogens is 332 g/mol. The van der Waals surface area contributed by atoms with Gasteiger partial charge in [0.25, 0.3) is 0 Å². The maximum Gasteiger partial charge on any atom is 0.224 e. The van der Waals surface area contributed by atoms with Crippen LogP contribution < -0.4 is 5.32 Å². The number of nitrogens with one attached hydrogen (secondary N) is 1. The van der Waals surface area contributed by atoms with Gasteiger partial charge in [0.2, 0.25) is 5.91 Å². The quantitative estimate of drug-likeness (QED) is 0.843. The topological polar surface area (TPSA) is 32.3 Å². The van der Waals surface area contributed by atoms with E-state index in [4.69, 9.17) is 11.6 Å². The average molecular weight is 357 g/mol. The fourth-order valence-electron chi connectivity index (χ4n) is 3.36. The molecule has 1 aliphatic rings. The molecule has 1 N–H and O–H groups in total. The molecule has 0 unspecified atom stereocenters. The summed E-state index contributed by atoms with van der Waals surface area (Å²) in [5.74, 6) is 0.0543. The molecule has 1 aliphatic heterocycles. The zero-order valence-electron chi connectivity index (χ0n) is 14.7. The van der Waals surface area contributed by atoms with E-state index < -0.39 is 0 Å². The molecule has 1 amide bonds. The lowest BCUT2D eigenvalue weighted by atomic mass is 10.0. The Morgan fingerprint density at radius 2 is 1.72 bits per heavy atom. The molecule has 1 heterocycles. The van der Waals surface area contributed by atoms with Crippen molar-refractivity contribution in [3.8, 4) is 0 Å². The number of carbonyl (C=O) groups is 1. The number of nitrogens with zero attached hydrogens (tertiary/aromatic N) is 1. The molecule has 2 aromatic rings. The number of benzene rings is 2. The van der Waals surface area contributed by atoms with E-state index in [-0.39, 0.29) is 11.9 Å². The zero-order valence-corrected chi connectivity index (χ0v) is 15.4. The Morgan fingerprint density at radius 1 is 1.08 bits per heavy atom. The Morgan fingerprint density at radius 3 is 2.36 bits per heavy atom. The fraction of sp³-hybridized carbons (Fsp3) is 0.381. The SMILES string of the molecule is Cc1ccc([C@@H](CNC(=O)Cc2ccc(Cl)cc2)N2CCCC2)cc1. The summed E-state index contributed by atoms with van der Waals surface area (Å²) in [7, 11) is 0. The smallest absolute Gasteiger partial charge is 0.224 e. The van der Waals surface area contributed by atoms with E-state index in [0.717, 1.165) is 18.7 Å². The number of halogens is 1. The Hall–Kier alpha value is -1.84. The molecule has 0 saturated carbocycles. The first-order valence-corrected chi connectivity index (χ1v) is 9.31. The number of hydrogen-bond acceptors (Lipinski definition) is 2. The van der Waals surface area contributed by atoms with Gasteiger partial charge >= 0.3 is 0 Å². The van der Waals surface area contributed by atoms with Crippen LogP contribution in [-0.4, -0.2) is 30.4 Å². The van der Waals surface area contributed by atoms with Gasteiger partial charge < -0.3 is 5.32 Å². The van der Waals surface area contributed by atoms with Crippen molar-refractivity contribution in [3.63, 3.8) is 0 Å². The second-order valence-electron chi connectivity index (χ2n) is 6.78.